The van der Waals surface area contributed by atoms with Crippen molar-refractivity contribution in [2.24, 2.45) is 0 Å². The molecule has 0 unspecified atom stereocenters. The highest BCUT2D eigenvalue weighted by Crippen LogP contribution is 2.50. The molecule has 1 aliphatic rings. The highest BCUT2D eigenvalue weighted by molar-refractivity contribution is 7.99. The number of rotatable bonds is 3. The van der Waals surface area contributed by atoms with Crippen LogP contribution in [0, 0.1) is 11.3 Å². The molecule has 0 radical (unpaired) electrons. The predicted molar refractivity (Wildman–Crippen MR) is 141 cm³/mol. The van der Waals surface area contributed by atoms with Gasteiger partial charge in [-0.2, -0.15) is 5.26 Å². The summed E-state index contributed by atoms with van der Waals surface area (Å²) in [7, 11) is 0. The molecule has 3 heterocycles. The summed E-state index contributed by atoms with van der Waals surface area (Å²) in [6.45, 7) is 4.45. The van der Waals surface area contributed by atoms with E-state index in [2.05, 4.69) is 49.2 Å². The molecule has 0 spiro atoms. The average molecular weight is 484 g/mol. The van der Waals surface area contributed by atoms with Gasteiger partial charge in [-0.15, -0.1) is 0 Å². The van der Waals surface area contributed by atoms with E-state index >= 15 is 0 Å². The molecule has 5 nitrogen and oxygen atoms in total. The van der Waals surface area contributed by atoms with Crippen molar-refractivity contribution >= 4 is 11.8 Å². The molecule has 0 saturated heterocycles. The fourth-order valence-electron chi connectivity index (χ4n) is 4.53. The van der Waals surface area contributed by atoms with Crippen LogP contribution in [0.2, 0.25) is 0 Å². The number of benzene rings is 3. The molecule has 5 aromatic rings. The molecule has 0 amide bonds. The summed E-state index contributed by atoms with van der Waals surface area (Å²) >= 11 is 1.70. The predicted octanol–water partition coefficient (Wildman–Crippen LogP) is 6.93. The number of nitrogens with zero attached hydrogens (tertiary/aromatic N) is 5. The summed E-state index contributed by atoms with van der Waals surface area (Å²) in [6, 6.07) is 30.3. The van der Waals surface area contributed by atoms with Crippen LogP contribution in [0.25, 0.3) is 34.3 Å². The van der Waals surface area contributed by atoms with E-state index in [9.17, 15) is 5.26 Å². The van der Waals surface area contributed by atoms with E-state index in [0.717, 1.165) is 16.0 Å². The van der Waals surface area contributed by atoms with E-state index in [0.29, 0.717) is 28.7 Å². The van der Waals surface area contributed by atoms with Crippen molar-refractivity contribution in [1.82, 2.24) is 19.9 Å². The van der Waals surface area contributed by atoms with Crippen molar-refractivity contribution in [3.8, 4) is 40.4 Å². The van der Waals surface area contributed by atoms with E-state index in [1.165, 1.54) is 16.0 Å². The third-order valence-corrected chi connectivity index (χ3v) is 7.61. The molecule has 0 N–H and O–H groups in total. The van der Waals surface area contributed by atoms with E-state index in [1.54, 1.807) is 18.0 Å². The van der Waals surface area contributed by atoms with Crippen LogP contribution in [0.15, 0.2) is 101 Å². The van der Waals surface area contributed by atoms with E-state index < -0.39 is 0 Å². The van der Waals surface area contributed by atoms with Gasteiger partial charge in [-0.25, -0.2) is 15.0 Å². The first kappa shape index (κ1) is 22.1. The van der Waals surface area contributed by atoms with Gasteiger partial charge >= 0.3 is 0 Å². The standard InChI is InChI=1S/C30H21N5S/c1-30(2)22-13-11-19(18-31)16-26(22)36-25-14-12-21(17-23(25)30)28-33-27(20-8-4-3-5-9-20)34-29(35-28)24-10-6-7-15-32-24/h3-17H,1-2H3. The van der Waals surface area contributed by atoms with Gasteiger partial charge in [-0.3, -0.25) is 4.98 Å². The van der Waals surface area contributed by atoms with Crippen LogP contribution >= 0.6 is 11.8 Å². The van der Waals surface area contributed by atoms with Crippen molar-refractivity contribution < 1.29 is 0 Å². The molecule has 0 saturated carbocycles. The Kier molecular flexibility index (Phi) is 5.36. The zero-order valence-corrected chi connectivity index (χ0v) is 20.6. The molecule has 0 fully saturated rings. The van der Waals surface area contributed by atoms with Crippen molar-refractivity contribution in [2.75, 3.05) is 0 Å². The Labute approximate surface area is 214 Å². The molecular weight excluding hydrogens is 462 g/mol. The van der Waals surface area contributed by atoms with Gasteiger partial charge < -0.3 is 0 Å². The Morgan fingerprint density at radius 1 is 0.694 bits per heavy atom. The second kappa shape index (κ2) is 8.71. The fraction of sp³-hybridized carbons (Fsp3) is 0.100. The van der Waals surface area contributed by atoms with Crippen molar-refractivity contribution in [3.05, 3.63) is 108 Å². The molecular formula is C30H21N5S. The summed E-state index contributed by atoms with van der Waals surface area (Å²) < 4.78 is 0. The highest BCUT2D eigenvalue weighted by Gasteiger charge is 2.33. The first-order valence-corrected chi connectivity index (χ1v) is 12.4. The molecule has 0 atom stereocenters. The number of fused-ring (bicyclic) bond motifs is 2. The summed E-state index contributed by atoms with van der Waals surface area (Å²) in [4.78, 5) is 21.2. The van der Waals surface area contributed by atoms with Gasteiger partial charge in [0.1, 0.15) is 5.69 Å². The minimum absolute atomic E-state index is 0.237. The summed E-state index contributed by atoms with van der Waals surface area (Å²) in [5, 5.41) is 9.35. The minimum atomic E-state index is -0.237. The number of hydrogen-bond donors (Lipinski definition) is 0. The quantitative estimate of drug-likeness (QED) is 0.277. The van der Waals surface area contributed by atoms with Crippen LogP contribution in [0.5, 0.6) is 0 Å². The third-order valence-electron chi connectivity index (χ3n) is 6.48. The van der Waals surface area contributed by atoms with Gasteiger partial charge in [-0.05, 0) is 47.5 Å². The largest absolute Gasteiger partial charge is 0.253 e. The lowest BCUT2D eigenvalue weighted by atomic mass is 9.77. The smallest absolute Gasteiger partial charge is 0.182 e. The number of hydrogen-bond acceptors (Lipinski definition) is 6. The van der Waals surface area contributed by atoms with Gasteiger partial charge in [0, 0.05) is 32.5 Å². The van der Waals surface area contributed by atoms with Crippen molar-refractivity contribution in [2.45, 2.75) is 29.1 Å². The maximum absolute atomic E-state index is 9.35. The Hall–Kier alpha value is -4.34. The SMILES string of the molecule is CC1(C)c2ccc(C#N)cc2Sc2ccc(-c3nc(-c4ccccc4)nc(-c4ccccn4)n3)cc21. The summed E-state index contributed by atoms with van der Waals surface area (Å²) in [6.07, 6.45) is 1.74. The van der Waals surface area contributed by atoms with Crippen LogP contribution in [-0.4, -0.2) is 19.9 Å². The van der Waals surface area contributed by atoms with Gasteiger partial charge in [0.25, 0.3) is 0 Å². The molecule has 0 aliphatic carbocycles. The molecule has 172 valence electrons. The zero-order valence-electron chi connectivity index (χ0n) is 19.8. The van der Waals surface area contributed by atoms with Gasteiger partial charge in [0.2, 0.25) is 0 Å². The van der Waals surface area contributed by atoms with E-state index in [-0.39, 0.29) is 5.41 Å². The molecule has 36 heavy (non-hydrogen) atoms. The second-order valence-electron chi connectivity index (χ2n) is 9.15. The van der Waals surface area contributed by atoms with Gasteiger partial charge in [0.15, 0.2) is 17.5 Å². The first-order chi connectivity index (χ1) is 17.5. The number of aromatic nitrogens is 4. The van der Waals surface area contributed by atoms with Gasteiger partial charge in [0.05, 0.1) is 11.6 Å². The lowest BCUT2D eigenvalue weighted by Crippen LogP contribution is -2.24. The van der Waals surface area contributed by atoms with Crippen LogP contribution in [0.4, 0.5) is 0 Å². The third kappa shape index (κ3) is 3.84. The Bertz CT molecular complexity index is 1580. The molecule has 6 rings (SSSR count). The van der Waals surface area contributed by atoms with Crippen molar-refractivity contribution in [3.63, 3.8) is 0 Å². The fourth-order valence-corrected chi connectivity index (χ4v) is 5.95. The average Bonchev–Trinajstić information content (AvgIpc) is 2.93. The molecule has 6 heteroatoms. The lowest BCUT2D eigenvalue weighted by molar-refractivity contribution is 0.607. The number of nitriles is 1. The maximum Gasteiger partial charge on any atom is 0.182 e. The maximum atomic E-state index is 9.35. The molecule has 1 aliphatic heterocycles. The number of pyridine rings is 1. The van der Waals surface area contributed by atoms with E-state index in [4.69, 9.17) is 15.0 Å². The topological polar surface area (TPSA) is 75.3 Å². The highest BCUT2D eigenvalue weighted by atomic mass is 32.2. The van der Waals surface area contributed by atoms with Crippen LogP contribution < -0.4 is 0 Å². The zero-order chi connectivity index (χ0) is 24.7. The van der Waals surface area contributed by atoms with Crippen molar-refractivity contribution in [1.29, 1.82) is 5.26 Å². The minimum Gasteiger partial charge on any atom is -0.253 e. The molecule has 2 aromatic heterocycles. The summed E-state index contributed by atoms with van der Waals surface area (Å²) in [5.41, 5.74) is 5.42. The Morgan fingerprint density at radius 2 is 1.44 bits per heavy atom. The van der Waals surface area contributed by atoms with Crippen LogP contribution in [-0.2, 0) is 5.41 Å². The van der Waals surface area contributed by atoms with Crippen LogP contribution in [0.3, 0.4) is 0 Å². The first-order valence-electron chi connectivity index (χ1n) is 11.6. The Balaban J connectivity index is 1.50. The normalized spacial score (nSPS) is 13.4. The monoisotopic (exact) mass is 483 g/mol. The molecule has 0 bridgehead atoms. The lowest BCUT2D eigenvalue weighted by Gasteiger charge is -2.35. The van der Waals surface area contributed by atoms with Crippen LogP contribution in [0.1, 0.15) is 30.5 Å². The molecule has 3 aromatic carbocycles. The summed E-state index contributed by atoms with van der Waals surface area (Å²) in [5.74, 6) is 1.76. The second-order valence-corrected chi connectivity index (χ2v) is 10.2. The van der Waals surface area contributed by atoms with E-state index in [1.807, 2.05) is 60.7 Å². The Morgan fingerprint density at radius 3 is 2.19 bits per heavy atom. The van der Waals surface area contributed by atoms with Gasteiger partial charge in [-0.1, -0.05) is 74.1 Å².